The van der Waals surface area contributed by atoms with Crippen LogP contribution in [0.5, 0.6) is 5.75 Å². The van der Waals surface area contributed by atoms with E-state index in [9.17, 15) is 5.11 Å². The summed E-state index contributed by atoms with van der Waals surface area (Å²) in [5, 5.41) is 10.0. The predicted molar refractivity (Wildman–Crippen MR) is 58.0 cm³/mol. The SMILES string of the molecule is CC[C@H](O)COc1ccc(Cl)cc1C. The lowest BCUT2D eigenvalue weighted by atomic mass is 10.2. The molecule has 0 amide bonds. The summed E-state index contributed by atoms with van der Waals surface area (Å²) in [6.45, 7) is 4.18. The Labute approximate surface area is 89.5 Å². The highest BCUT2D eigenvalue weighted by Gasteiger charge is 2.04. The van der Waals surface area contributed by atoms with Crippen molar-refractivity contribution in [2.75, 3.05) is 6.61 Å². The molecule has 0 unspecified atom stereocenters. The van der Waals surface area contributed by atoms with Gasteiger partial charge in [-0.15, -0.1) is 0 Å². The lowest BCUT2D eigenvalue weighted by Crippen LogP contribution is -2.16. The van der Waals surface area contributed by atoms with E-state index in [2.05, 4.69) is 0 Å². The Morgan fingerprint density at radius 2 is 2.21 bits per heavy atom. The van der Waals surface area contributed by atoms with Crippen molar-refractivity contribution >= 4 is 11.6 Å². The molecule has 0 aliphatic carbocycles. The molecule has 0 aliphatic rings. The third-order valence-corrected chi connectivity index (χ3v) is 2.27. The molecule has 1 atom stereocenters. The largest absolute Gasteiger partial charge is 0.491 e. The van der Waals surface area contributed by atoms with Crippen molar-refractivity contribution in [3.8, 4) is 5.75 Å². The number of benzene rings is 1. The summed E-state index contributed by atoms with van der Waals surface area (Å²) in [4.78, 5) is 0. The highest BCUT2D eigenvalue weighted by atomic mass is 35.5. The lowest BCUT2D eigenvalue weighted by molar-refractivity contribution is 0.104. The molecular formula is C11H15ClO2. The zero-order chi connectivity index (χ0) is 10.6. The first-order valence-electron chi connectivity index (χ1n) is 4.70. The van der Waals surface area contributed by atoms with Crippen LogP contribution in [0.25, 0.3) is 0 Å². The van der Waals surface area contributed by atoms with Gasteiger partial charge in [-0.2, -0.15) is 0 Å². The molecule has 0 radical (unpaired) electrons. The number of aryl methyl sites for hydroxylation is 1. The molecule has 0 fully saturated rings. The number of rotatable bonds is 4. The van der Waals surface area contributed by atoms with E-state index < -0.39 is 6.10 Å². The maximum absolute atomic E-state index is 9.31. The smallest absolute Gasteiger partial charge is 0.122 e. The van der Waals surface area contributed by atoms with E-state index >= 15 is 0 Å². The molecule has 0 bridgehead atoms. The molecular weight excluding hydrogens is 200 g/mol. The maximum atomic E-state index is 9.31. The molecule has 0 spiro atoms. The summed E-state index contributed by atoms with van der Waals surface area (Å²) in [5.41, 5.74) is 0.987. The van der Waals surface area contributed by atoms with Gasteiger partial charge in [0, 0.05) is 5.02 Å². The number of aliphatic hydroxyl groups excluding tert-OH is 1. The summed E-state index contributed by atoms with van der Waals surface area (Å²) in [6, 6.07) is 5.44. The van der Waals surface area contributed by atoms with E-state index in [-0.39, 0.29) is 0 Å². The minimum Gasteiger partial charge on any atom is -0.491 e. The minimum absolute atomic E-state index is 0.332. The van der Waals surface area contributed by atoms with Crippen molar-refractivity contribution in [2.24, 2.45) is 0 Å². The topological polar surface area (TPSA) is 29.5 Å². The highest BCUT2D eigenvalue weighted by Crippen LogP contribution is 2.21. The van der Waals surface area contributed by atoms with Crippen LogP contribution in [0.1, 0.15) is 18.9 Å². The van der Waals surface area contributed by atoms with Crippen LogP contribution >= 0.6 is 11.6 Å². The molecule has 1 aromatic carbocycles. The zero-order valence-corrected chi connectivity index (χ0v) is 9.21. The van der Waals surface area contributed by atoms with Gasteiger partial charge in [0.1, 0.15) is 12.4 Å². The van der Waals surface area contributed by atoms with Gasteiger partial charge in [-0.05, 0) is 37.1 Å². The van der Waals surface area contributed by atoms with Crippen LogP contribution < -0.4 is 4.74 Å². The Kier molecular flexibility index (Phi) is 4.23. The van der Waals surface area contributed by atoms with Gasteiger partial charge in [0.05, 0.1) is 6.10 Å². The van der Waals surface area contributed by atoms with E-state index in [1.54, 1.807) is 6.07 Å². The van der Waals surface area contributed by atoms with Gasteiger partial charge in [-0.25, -0.2) is 0 Å². The van der Waals surface area contributed by atoms with Crippen LogP contribution in [0, 0.1) is 6.92 Å². The molecule has 78 valence electrons. The van der Waals surface area contributed by atoms with Crippen molar-refractivity contribution in [3.05, 3.63) is 28.8 Å². The van der Waals surface area contributed by atoms with Crippen LogP contribution in [0.4, 0.5) is 0 Å². The average molecular weight is 215 g/mol. The Hall–Kier alpha value is -0.730. The fourth-order valence-corrected chi connectivity index (χ4v) is 1.31. The second-order valence-electron chi connectivity index (χ2n) is 3.28. The monoisotopic (exact) mass is 214 g/mol. The van der Waals surface area contributed by atoms with Crippen molar-refractivity contribution in [1.29, 1.82) is 0 Å². The molecule has 1 rings (SSSR count). The fourth-order valence-electron chi connectivity index (χ4n) is 1.08. The second-order valence-corrected chi connectivity index (χ2v) is 3.72. The summed E-state index contributed by atoms with van der Waals surface area (Å²) < 4.78 is 5.44. The summed E-state index contributed by atoms with van der Waals surface area (Å²) in [5.74, 6) is 0.780. The van der Waals surface area contributed by atoms with Gasteiger partial charge < -0.3 is 9.84 Å². The number of aliphatic hydroxyl groups is 1. The molecule has 0 heterocycles. The summed E-state index contributed by atoms with van der Waals surface area (Å²) >= 11 is 5.80. The number of hydrogen-bond acceptors (Lipinski definition) is 2. The van der Waals surface area contributed by atoms with Crippen LogP contribution in [0.15, 0.2) is 18.2 Å². The molecule has 0 aromatic heterocycles. The van der Waals surface area contributed by atoms with Crippen LogP contribution in [0.2, 0.25) is 5.02 Å². The molecule has 1 N–H and O–H groups in total. The van der Waals surface area contributed by atoms with Crippen LogP contribution in [0.3, 0.4) is 0 Å². The molecule has 14 heavy (non-hydrogen) atoms. The van der Waals surface area contributed by atoms with Gasteiger partial charge in [0.2, 0.25) is 0 Å². The van der Waals surface area contributed by atoms with Crippen LogP contribution in [-0.2, 0) is 0 Å². The third kappa shape index (κ3) is 3.20. The molecule has 3 heteroatoms. The lowest BCUT2D eigenvalue weighted by Gasteiger charge is -2.12. The van der Waals surface area contributed by atoms with Gasteiger partial charge in [0.15, 0.2) is 0 Å². The molecule has 1 aromatic rings. The number of hydrogen-bond donors (Lipinski definition) is 1. The Bertz CT molecular complexity index is 299. The highest BCUT2D eigenvalue weighted by molar-refractivity contribution is 6.30. The minimum atomic E-state index is -0.398. The van der Waals surface area contributed by atoms with E-state index in [0.29, 0.717) is 18.1 Å². The molecule has 2 nitrogen and oxygen atoms in total. The average Bonchev–Trinajstić information content (AvgIpc) is 2.16. The molecule has 0 aliphatic heterocycles. The Morgan fingerprint density at radius 3 is 2.79 bits per heavy atom. The Balaban J connectivity index is 2.59. The number of halogens is 1. The molecule has 0 saturated carbocycles. The second kappa shape index (κ2) is 5.23. The van der Waals surface area contributed by atoms with Gasteiger partial charge in [-0.3, -0.25) is 0 Å². The summed E-state index contributed by atoms with van der Waals surface area (Å²) in [6.07, 6.45) is 0.303. The van der Waals surface area contributed by atoms with Crippen molar-refractivity contribution < 1.29 is 9.84 Å². The van der Waals surface area contributed by atoms with E-state index in [1.165, 1.54) is 0 Å². The van der Waals surface area contributed by atoms with Gasteiger partial charge in [0.25, 0.3) is 0 Å². The zero-order valence-electron chi connectivity index (χ0n) is 8.46. The molecule has 0 saturated heterocycles. The first kappa shape index (κ1) is 11.3. The summed E-state index contributed by atoms with van der Waals surface area (Å²) in [7, 11) is 0. The third-order valence-electron chi connectivity index (χ3n) is 2.04. The first-order chi connectivity index (χ1) is 6.63. The van der Waals surface area contributed by atoms with Crippen molar-refractivity contribution in [3.63, 3.8) is 0 Å². The standard InChI is InChI=1S/C11H15ClO2/c1-3-10(13)7-14-11-5-4-9(12)6-8(11)2/h4-6,10,13H,3,7H2,1-2H3/t10-/m0/s1. The van der Waals surface area contributed by atoms with Crippen molar-refractivity contribution in [1.82, 2.24) is 0 Å². The van der Waals surface area contributed by atoms with E-state index in [1.807, 2.05) is 26.0 Å². The van der Waals surface area contributed by atoms with E-state index in [0.717, 1.165) is 11.3 Å². The van der Waals surface area contributed by atoms with Gasteiger partial charge >= 0.3 is 0 Å². The van der Waals surface area contributed by atoms with Crippen LogP contribution in [-0.4, -0.2) is 17.8 Å². The first-order valence-corrected chi connectivity index (χ1v) is 5.08. The Morgan fingerprint density at radius 1 is 1.50 bits per heavy atom. The van der Waals surface area contributed by atoms with Gasteiger partial charge in [-0.1, -0.05) is 18.5 Å². The van der Waals surface area contributed by atoms with E-state index in [4.69, 9.17) is 16.3 Å². The fraction of sp³-hybridized carbons (Fsp3) is 0.455. The number of ether oxygens (including phenoxy) is 1. The normalized spacial score (nSPS) is 12.6. The predicted octanol–water partition coefficient (Wildman–Crippen LogP) is 2.80. The maximum Gasteiger partial charge on any atom is 0.122 e. The quantitative estimate of drug-likeness (QED) is 0.835. The van der Waals surface area contributed by atoms with Crippen molar-refractivity contribution in [2.45, 2.75) is 26.4 Å².